The summed E-state index contributed by atoms with van der Waals surface area (Å²) >= 11 is 1.50. The van der Waals surface area contributed by atoms with Crippen molar-refractivity contribution in [2.75, 3.05) is 13.7 Å². The van der Waals surface area contributed by atoms with Crippen LogP contribution in [0, 0.1) is 0 Å². The molecule has 4 aromatic rings. The lowest BCUT2D eigenvalue weighted by atomic mass is 9.97. The fourth-order valence-electron chi connectivity index (χ4n) is 4.88. The zero-order valence-electron chi connectivity index (χ0n) is 24.0. The van der Waals surface area contributed by atoms with Crippen molar-refractivity contribution in [2.45, 2.75) is 54.5 Å². The molecule has 0 saturated carbocycles. The number of methoxy groups -OCH3 is 1. The van der Waals surface area contributed by atoms with E-state index in [4.69, 9.17) is 23.7 Å². The average Bonchev–Trinajstić information content (AvgIpc) is 3.06. The molecule has 0 radical (unpaired) electrons. The highest BCUT2D eigenvalue weighted by Crippen LogP contribution is 2.38. The van der Waals surface area contributed by atoms with Crippen molar-refractivity contribution in [2.24, 2.45) is 5.11 Å². The molecule has 1 heterocycles. The monoisotopic (exact) mass is 597 g/mol. The molecule has 5 atom stereocenters. The smallest absolute Gasteiger partial charge is 0.119 e. The quantitative estimate of drug-likeness (QED) is 0.0845. The van der Waals surface area contributed by atoms with Crippen LogP contribution in [-0.2, 0) is 38.8 Å². The van der Waals surface area contributed by atoms with E-state index in [0.29, 0.717) is 19.8 Å². The molecule has 43 heavy (non-hydrogen) atoms. The first-order valence-electron chi connectivity index (χ1n) is 14.2. The van der Waals surface area contributed by atoms with Gasteiger partial charge in [-0.3, -0.25) is 0 Å². The molecule has 0 N–H and O–H groups in total. The van der Waals surface area contributed by atoms with Crippen molar-refractivity contribution in [1.82, 2.24) is 0 Å². The number of benzene rings is 4. The van der Waals surface area contributed by atoms with Crippen LogP contribution in [0.25, 0.3) is 10.4 Å². The standard InChI is InChI=1S/C34H35N3O5S/c1-38-28-19-17-27(18-20-28)23-40-32-30(24-39-21-25-11-5-2-6-12-25)42-34(43-29-15-9-4-10-16-29)31(36-37-35)33(32)41-22-26-13-7-3-8-14-26/h2-20,30-34H,21-24H2,1H3/t30-,31-,32-,33-,34-/m1/s1. The molecular formula is C34H35N3O5S. The van der Waals surface area contributed by atoms with E-state index in [1.165, 1.54) is 11.8 Å². The van der Waals surface area contributed by atoms with Gasteiger partial charge in [-0.05, 0) is 46.5 Å². The van der Waals surface area contributed by atoms with Crippen LogP contribution in [-0.4, -0.2) is 43.5 Å². The largest absolute Gasteiger partial charge is 0.497 e. The molecule has 9 heteroatoms. The fourth-order valence-corrected chi connectivity index (χ4v) is 6.01. The van der Waals surface area contributed by atoms with Crippen LogP contribution in [0.4, 0.5) is 0 Å². The Balaban J connectivity index is 1.43. The number of azide groups is 1. The zero-order chi connectivity index (χ0) is 29.7. The van der Waals surface area contributed by atoms with Crippen LogP contribution in [0.3, 0.4) is 0 Å². The van der Waals surface area contributed by atoms with Gasteiger partial charge < -0.3 is 23.7 Å². The highest BCUT2D eigenvalue weighted by molar-refractivity contribution is 7.99. The lowest BCUT2D eigenvalue weighted by molar-refractivity contribution is -0.211. The summed E-state index contributed by atoms with van der Waals surface area (Å²) < 4.78 is 31.3. The van der Waals surface area contributed by atoms with Crippen LogP contribution >= 0.6 is 11.8 Å². The van der Waals surface area contributed by atoms with Crippen LogP contribution in [0.15, 0.2) is 125 Å². The van der Waals surface area contributed by atoms with Crippen LogP contribution in [0.1, 0.15) is 16.7 Å². The molecule has 222 valence electrons. The normalized spacial score (nSPS) is 21.6. The van der Waals surface area contributed by atoms with Crippen molar-refractivity contribution in [1.29, 1.82) is 0 Å². The van der Waals surface area contributed by atoms with Crippen LogP contribution < -0.4 is 4.74 Å². The van der Waals surface area contributed by atoms with E-state index in [1.54, 1.807) is 7.11 Å². The van der Waals surface area contributed by atoms with E-state index < -0.39 is 29.8 Å². The summed E-state index contributed by atoms with van der Waals surface area (Å²) in [6.07, 6.45) is -1.67. The number of hydrogen-bond donors (Lipinski definition) is 0. The van der Waals surface area contributed by atoms with Crippen molar-refractivity contribution in [3.8, 4) is 5.75 Å². The second kappa shape index (κ2) is 16.1. The molecule has 4 aromatic carbocycles. The topological polar surface area (TPSA) is 94.9 Å². The van der Waals surface area contributed by atoms with E-state index in [-0.39, 0.29) is 6.61 Å². The Morgan fingerprint density at radius 1 is 0.721 bits per heavy atom. The molecule has 0 bridgehead atoms. The average molecular weight is 598 g/mol. The predicted octanol–water partition coefficient (Wildman–Crippen LogP) is 7.58. The van der Waals surface area contributed by atoms with Crippen molar-refractivity contribution in [3.05, 3.63) is 142 Å². The molecule has 8 nitrogen and oxygen atoms in total. The van der Waals surface area contributed by atoms with Crippen molar-refractivity contribution in [3.63, 3.8) is 0 Å². The summed E-state index contributed by atoms with van der Waals surface area (Å²) in [4.78, 5) is 4.20. The molecule has 1 fully saturated rings. The van der Waals surface area contributed by atoms with Crippen LogP contribution in [0.2, 0.25) is 0 Å². The summed E-state index contributed by atoms with van der Waals surface area (Å²) in [5.74, 6) is 0.769. The van der Waals surface area contributed by atoms with Gasteiger partial charge >= 0.3 is 0 Å². The van der Waals surface area contributed by atoms with E-state index in [1.807, 2.05) is 115 Å². The third-order valence-electron chi connectivity index (χ3n) is 7.08. The van der Waals surface area contributed by atoms with Gasteiger partial charge in [0.15, 0.2) is 0 Å². The Kier molecular flexibility index (Phi) is 11.5. The van der Waals surface area contributed by atoms with Crippen molar-refractivity contribution < 1.29 is 23.7 Å². The minimum absolute atomic E-state index is 0.266. The molecule has 0 unspecified atom stereocenters. The van der Waals surface area contributed by atoms with E-state index in [2.05, 4.69) is 10.0 Å². The Morgan fingerprint density at radius 2 is 1.28 bits per heavy atom. The first kappa shape index (κ1) is 30.6. The molecular weight excluding hydrogens is 562 g/mol. The number of rotatable bonds is 14. The van der Waals surface area contributed by atoms with E-state index in [9.17, 15) is 5.53 Å². The maximum absolute atomic E-state index is 9.64. The van der Waals surface area contributed by atoms with Gasteiger partial charge in [-0.15, -0.1) is 0 Å². The van der Waals surface area contributed by atoms with Gasteiger partial charge in [0, 0.05) is 9.81 Å². The van der Waals surface area contributed by atoms with Crippen molar-refractivity contribution >= 4 is 11.8 Å². The number of hydrogen-bond acceptors (Lipinski definition) is 7. The summed E-state index contributed by atoms with van der Waals surface area (Å²) in [5.41, 5.74) is 12.2. The number of thioether (sulfide) groups is 1. The zero-order valence-corrected chi connectivity index (χ0v) is 24.8. The molecule has 5 rings (SSSR count). The Hall–Kier alpha value is -3.82. The molecule has 0 aliphatic carbocycles. The number of nitrogens with zero attached hydrogens (tertiary/aromatic N) is 3. The maximum Gasteiger partial charge on any atom is 0.119 e. The van der Waals surface area contributed by atoms with Gasteiger partial charge in [0.1, 0.15) is 29.4 Å². The molecule has 1 aliphatic heterocycles. The second-order valence-electron chi connectivity index (χ2n) is 10.1. The van der Waals surface area contributed by atoms with Gasteiger partial charge in [-0.2, -0.15) is 0 Å². The maximum atomic E-state index is 9.64. The molecule has 0 aromatic heterocycles. The molecule has 0 spiro atoms. The predicted molar refractivity (Wildman–Crippen MR) is 167 cm³/mol. The Bertz CT molecular complexity index is 1420. The second-order valence-corrected chi connectivity index (χ2v) is 11.2. The number of ether oxygens (including phenoxy) is 5. The summed E-state index contributed by atoms with van der Waals surface area (Å²) in [7, 11) is 1.64. The third kappa shape index (κ3) is 8.84. The van der Waals surface area contributed by atoms with Gasteiger partial charge in [0.05, 0.1) is 39.6 Å². The first-order chi connectivity index (χ1) is 21.2. The van der Waals surface area contributed by atoms with Gasteiger partial charge in [0.2, 0.25) is 0 Å². The Labute approximate surface area is 256 Å². The summed E-state index contributed by atoms with van der Waals surface area (Å²) in [5, 5.41) is 4.22. The molecule has 0 amide bonds. The van der Waals surface area contributed by atoms with Gasteiger partial charge in [-0.1, -0.05) is 108 Å². The summed E-state index contributed by atoms with van der Waals surface area (Å²) in [6, 6.07) is 36.9. The highest BCUT2D eigenvalue weighted by atomic mass is 32.2. The van der Waals surface area contributed by atoms with Gasteiger partial charge in [0.25, 0.3) is 0 Å². The SMILES string of the molecule is COc1ccc(CO[C@H]2[C@H](OCc3ccccc3)[C@@H](N=[N+]=[N-])[C@@H](Sc3ccccc3)O[C@@H]2COCc2ccccc2)cc1. The van der Waals surface area contributed by atoms with E-state index >= 15 is 0 Å². The molecule has 1 saturated heterocycles. The minimum Gasteiger partial charge on any atom is -0.497 e. The fraction of sp³-hybridized carbons (Fsp3) is 0.294. The van der Waals surface area contributed by atoms with Gasteiger partial charge in [-0.25, -0.2) is 0 Å². The minimum atomic E-state index is -0.662. The summed E-state index contributed by atoms with van der Waals surface area (Å²) in [6.45, 7) is 1.32. The van der Waals surface area contributed by atoms with Crippen LogP contribution in [0.5, 0.6) is 5.75 Å². The third-order valence-corrected chi connectivity index (χ3v) is 8.24. The lowest BCUT2D eigenvalue weighted by Gasteiger charge is -2.44. The first-order valence-corrected chi connectivity index (χ1v) is 15.0. The molecule has 1 aliphatic rings. The highest BCUT2D eigenvalue weighted by Gasteiger charge is 2.47. The van der Waals surface area contributed by atoms with E-state index in [0.717, 1.165) is 27.3 Å². The lowest BCUT2D eigenvalue weighted by Crippen LogP contribution is -2.58. The Morgan fingerprint density at radius 3 is 1.88 bits per heavy atom.